The molecule has 0 radical (unpaired) electrons. The van der Waals surface area contributed by atoms with Gasteiger partial charge < -0.3 is 14.8 Å². The summed E-state index contributed by atoms with van der Waals surface area (Å²) in [6.45, 7) is 3.16. The Balaban J connectivity index is 2.00. The number of esters is 1. The lowest BCUT2D eigenvalue weighted by Gasteiger charge is -2.10. The molecule has 1 aromatic carbocycles. The molecule has 0 aromatic heterocycles. The van der Waals surface area contributed by atoms with Gasteiger partial charge in [0.1, 0.15) is 5.75 Å². The van der Waals surface area contributed by atoms with Gasteiger partial charge in [-0.1, -0.05) is 0 Å². The quantitative estimate of drug-likeness (QED) is 0.815. The molecule has 4 nitrogen and oxygen atoms in total. The zero-order chi connectivity index (χ0) is 13.0. The molecule has 0 unspecified atom stereocenters. The fourth-order valence-electron chi connectivity index (χ4n) is 2.29. The molecule has 0 amide bonds. The van der Waals surface area contributed by atoms with Crippen LogP contribution in [0.2, 0.25) is 0 Å². The van der Waals surface area contributed by atoms with Crippen molar-refractivity contribution in [3.63, 3.8) is 0 Å². The van der Waals surface area contributed by atoms with E-state index in [1.54, 1.807) is 7.11 Å². The molecule has 1 atom stereocenters. The predicted octanol–water partition coefficient (Wildman–Crippen LogP) is 2.55. The van der Waals surface area contributed by atoms with Gasteiger partial charge in [0.25, 0.3) is 0 Å². The summed E-state index contributed by atoms with van der Waals surface area (Å²) in [6.07, 6.45) is 1.28. The summed E-state index contributed by atoms with van der Waals surface area (Å²) in [6, 6.07) is 6.02. The Morgan fingerprint density at radius 2 is 2.33 bits per heavy atom. The van der Waals surface area contributed by atoms with E-state index in [9.17, 15) is 4.79 Å². The van der Waals surface area contributed by atoms with Crippen molar-refractivity contribution in [3.8, 4) is 5.75 Å². The Morgan fingerprint density at radius 3 is 3.06 bits per heavy atom. The monoisotopic (exact) mass is 249 g/mol. The van der Waals surface area contributed by atoms with Crippen LogP contribution in [0, 0.1) is 0 Å². The maximum Gasteiger partial charge on any atom is 0.305 e. The van der Waals surface area contributed by atoms with Crippen molar-refractivity contribution < 1.29 is 14.3 Å². The summed E-state index contributed by atoms with van der Waals surface area (Å²) in [5, 5.41) is 3.35. The SMILES string of the molecule is CCOC(=O)CC[C@H]1CNc2ccc(OC)cc21. The number of anilines is 1. The van der Waals surface area contributed by atoms with Crippen LogP contribution in [0.25, 0.3) is 0 Å². The normalized spacial score (nSPS) is 16.9. The zero-order valence-electron chi connectivity index (χ0n) is 10.9. The molecule has 98 valence electrons. The molecule has 1 N–H and O–H groups in total. The van der Waals surface area contributed by atoms with Gasteiger partial charge in [0.2, 0.25) is 0 Å². The van der Waals surface area contributed by atoms with Crippen LogP contribution in [0.4, 0.5) is 5.69 Å². The first-order valence-electron chi connectivity index (χ1n) is 6.32. The van der Waals surface area contributed by atoms with Gasteiger partial charge in [-0.3, -0.25) is 4.79 Å². The van der Waals surface area contributed by atoms with Crippen molar-refractivity contribution in [1.82, 2.24) is 0 Å². The van der Waals surface area contributed by atoms with E-state index in [0.29, 0.717) is 18.9 Å². The number of methoxy groups -OCH3 is 1. The number of rotatable bonds is 5. The van der Waals surface area contributed by atoms with Gasteiger partial charge in [0.15, 0.2) is 0 Å². The molecule has 1 aromatic rings. The maximum absolute atomic E-state index is 11.4. The van der Waals surface area contributed by atoms with Crippen LogP contribution in [0.1, 0.15) is 31.2 Å². The third-order valence-corrected chi connectivity index (χ3v) is 3.24. The summed E-state index contributed by atoms with van der Waals surface area (Å²) in [4.78, 5) is 11.4. The summed E-state index contributed by atoms with van der Waals surface area (Å²) < 4.78 is 10.2. The van der Waals surface area contributed by atoms with Crippen molar-refractivity contribution >= 4 is 11.7 Å². The zero-order valence-corrected chi connectivity index (χ0v) is 10.9. The van der Waals surface area contributed by atoms with Crippen LogP contribution in [-0.2, 0) is 9.53 Å². The minimum atomic E-state index is -0.117. The molecular formula is C14H19NO3. The number of nitrogens with one attached hydrogen (secondary N) is 1. The van der Waals surface area contributed by atoms with Crippen molar-refractivity contribution in [2.45, 2.75) is 25.7 Å². The van der Waals surface area contributed by atoms with Crippen molar-refractivity contribution in [2.75, 3.05) is 25.6 Å². The van der Waals surface area contributed by atoms with Crippen LogP contribution in [0.15, 0.2) is 18.2 Å². The number of fused-ring (bicyclic) bond motifs is 1. The highest BCUT2D eigenvalue weighted by Gasteiger charge is 2.23. The summed E-state index contributed by atoms with van der Waals surface area (Å²) in [7, 11) is 1.66. The van der Waals surface area contributed by atoms with E-state index in [1.807, 2.05) is 25.1 Å². The second-order valence-corrected chi connectivity index (χ2v) is 4.37. The average Bonchev–Trinajstić information content (AvgIpc) is 2.79. The number of ether oxygens (including phenoxy) is 2. The lowest BCUT2D eigenvalue weighted by atomic mass is 9.96. The number of benzene rings is 1. The van der Waals surface area contributed by atoms with Gasteiger partial charge >= 0.3 is 5.97 Å². The average molecular weight is 249 g/mol. The minimum Gasteiger partial charge on any atom is -0.497 e. The van der Waals surface area contributed by atoms with E-state index in [2.05, 4.69) is 5.32 Å². The van der Waals surface area contributed by atoms with E-state index >= 15 is 0 Å². The van der Waals surface area contributed by atoms with Crippen molar-refractivity contribution in [3.05, 3.63) is 23.8 Å². The highest BCUT2D eigenvalue weighted by molar-refractivity contribution is 5.69. The molecule has 0 aliphatic carbocycles. The van der Waals surface area contributed by atoms with Gasteiger partial charge in [0, 0.05) is 24.6 Å². The summed E-state index contributed by atoms with van der Waals surface area (Å²) in [5.74, 6) is 1.10. The van der Waals surface area contributed by atoms with Crippen LogP contribution in [-0.4, -0.2) is 26.2 Å². The molecule has 1 aliphatic heterocycles. The van der Waals surface area contributed by atoms with E-state index in [0.717, 1.165) is 24.4 Å². The van der Waals surface area contributed by atoms with Gasteiger partial charge in [-0.2, -0.15) is 0 Å². The van der Waals surface area contributed by atoms with E-state index in [-0.39, 0.29) is 5.97 Å². The second-order valence-electron chi connectivity index (χ2n) is 4.37. The first-order chi connectivity index (χ1) is 8.74. The molecule has 0 fully saturated rings. The van der Waals surface area contributed by atoms with Crippen molar-refractivity contribution in [2.24, 2.45) is 0 Å². The molecule has 1 aliphatic rings. The smallest absolute Gasteiger partial charge is 0.305 e. The lowest BCUT2D eigenvalue weighted by molar-refractivity contribution is -0.143. The second kappa shape index (κ2) is 5.76. The standard InChI is InChI=1S/C14H19NO3/c1-3-18-14(16)7-4-10-9-15-13-6-5-11(17-2)8-12(10)13/h5-6,8,10,15H,3-4,7,9H2,1-2H3/t10-/m0/s1. The first kappa shape index (κ1) is 12.7. The third-order valence-electron chi connectivity index (χ3n) is 3.24. The molecular weight excluding hydrogens is 230 g/mol. The van der Waals surface area contributed by atoms with Gasteiger partial charge in [0.05, 0.1) is 13.7 Å². The van der Waals surface area contributed by atoms with Crippen LogP contribution < -0.4 is 10.1 Å². The maximum atomic E-state index is 11.4. The van der Waals surface area contributed by atoms with E-state index in [4.69, 9.17) is 9.47 Å². The summed E-state index contributed by atoms with van der Waals surface area (Å²) in [5.41, 5.74) is 2.38. The first-order valence-corrected chi connectivity index (χ1v) is 6.32. The van der Waals surface area contributed by atoms with Crippen LogP contribution in [0.3, 0.4) is 0 Å². The van der Waals surface area contributed by atoms with Crippen molar-refractivity contribution in [1.29, 1.82) is 0 Å². The lowest BCUT2D eigenvalue weighted by Crippen LogP contribution is -2.08. The van der Waals surface area contributed by atoms with Gasteiger partial charge in [-0.15, -0.1) is 0 Å². The van der Waals surface area contributed by atoms with Gasteiger partial charge in [-0.25, -0.2) is 0 Å². The largest absolute Gasteiger partial charge is 0.497 e. The van der Waals surface area contributed by atoms with Crippen LogP contribution >= 0.6 is 0 Å². The van der Waals surface area contributed by atoms with E-state index in [1.165, 1.54) is 5.56 Å². The molecule has 0 saturated carbocycles. The molecule has 2 rings (SSSR count). The van der Waals surface area contributed by atoms with Gasteiger partial charge in [-0.05, 0) is 37.1 Å². The fourth-order valence-corrected chi connectivity index (χ4v) is 2.29. The number of carbonyl (C=O) groups is 1. The fraction of sp³-hybridized carbons (Fsp3) is 0.500. The Bertz CT molecular complexity index is 431. The minimum absolute atomic E-state index is 0.117. The summed E-state index contributed by atoms with van der Waals surface area (Å²) >= 11 is 0. The number of hydrogen-bond acceptors (Lipinski definition) is 4. The molecule has 0 saturated heterocycles. The highest BCUT2D eigenvalue weighted by Crippen LogP contribution is 2.36. The Kier molecular flexibility index (Phi) is 4.07. The number of carbonyl (C=O) groups excluding carboxylic acids is 1. The topological polar surface area (TPSA) is 47.6 Å². The third kappa shape index (κ3) is 2.75. The highest BCUT2D eigenvalue weighted by atomic mass is 16.5. The molecule has 18 heavy (non-hydrogen) atoms. The Hall–Kier alpha value is -1.71. The van der Waals surface area contributed by atoms with E-state index < -0.39 is 0 Å². The Morgan fingerprint density at radius 1 is 1.50 bits per heavy atom. The molecule has 0 bridgehead atoms. The van der Waals surface area contributed by atoms with Crippen LogP contribution in [0.5, 0.6) is 5.75 Å². The Labute approximate surface area is 107 Å². The molecule has 1 heterocycles. The number of hydrogen-bond donors (Lipinski definition) is 1. The predicted molar refractivity (Wildman–Crippen MR) is 70.1 cm³/mol. The molecule has 0 spiro atoms. The molecule has 4 heteroatoms.